The lowest BCUT2D eigenvalue weighted by Crippen LogP contribution is -2.37. The molecule has 1 aliphatic heterocycles. The lowest BCUT2D eigenvalue weighted by Gasteiger charge is -2.31. The van der Waals surface area contributed by atoms with Gasteiger partial charge in [0.15, 0.2) is 0 Å². The molecule has 0 aliphatic carbocycles. The van der Waals surface area contributed by atoms with Gasteiger partial charge >= 0.3 is 6.09 Å². The summed E-state index contributed by atoms with van der Waals surface area (Å²) in [7, 11) is 3.76. The first kappa shape index (κ1) is 18.3. The maximum atomic E-state index is 12.3. The highest BCUT2D eigenvalue weighted by Gasteiger charge is 2.28. The van der Waals surface area contributed by atoms with Crippen LogP contribution in [0.1, 0.15) is 38.7 Å². The van der Waals surface area contributed by atoms with Gasteiger partial charge in [-0.2, -0.15) is 0 Å². The summed E-state index contributed by atoms with van der Waals surface area (Å²) in [6.45, 7) is 6.86. The first-order valence-corrected chi connectivity index (χ1v) is 8.93. The van der Waals surface area contributed by atoms with Gasteiger partial charge in [-0.15, -0.1) is 0 Å². The molecule has 0 spiro atoms. The molecular formula is C20H27N3O3. The molecule has 26 heavy (non-hydrogen) atoms. The molecule has 0 saturated heterocycles. The minimum Gasteiger partial charge on any atom is -0.493 e. The van der Waals surface area contributed by atoms with Crippen molar-refractivity contribution >= 4 is 6.09 Å². The number of likely N-dealkylation sites (N-methyl/N-ethyl adjacent to an activating group) is 1. The molecule has 0 bridgehead atoms. The average Bonchev–Trinajstić information content (AvgIpc) is 2.99. The minimum atomic E-state index is -0.494. The second-order valence-electron chi connectivity index (χ2n) is 7.81. The summed E-state index contributed by atoms with van der Waals surface area (Å²) in [6, 6.07) is 6.17. The van der Waals surface area contributed by atoms with Crippen LogP contribution < -0.4 is 4.74 Å². The molecule has 6 heteroatoms. The van der Waals surface area contributed by atoms with Crippen molar-refractivity contribution in [3.63, 3.8) is 0 Å². The Bertz CT molecular complexity index is 792. The van der Waals surface area contributed by atoms with Gasteiger partial charge < -0.3 is 18.9 Å². The zero-order valence-electron chi connectivity index (χ0n) is 16.2. The molecule has 6 nitrogen and oxygen atoms in total. The van der Waals surface area contributed by atoms with Gasteiger partial charge in [0.1, 0.15) is 11.4 Å². The zero-order chi connectivity index (χ0) is 18.9. The molecule has 0 radical (unpaired) electrons. The van der Waals surface area contributed by atoms with Gasteiger partial charge in [-0.25, -0.2) is 9.78 Å². The van der Waals surface area contributed by atoms with Crippen molar-refractivity contribution in [3.8, 4) is 17.0 Å². The van der Waals surface area contributed by atoms with Crippen molar-refractivity contribution in [2.45, 2.75) is 38.7 Å². The van der Waals surface area contributed by atoms with E-state index in [1.165, 1.54) is 0 Å². The topological polar surface area (TPSA) is 56.6 Å². The molecule has 0 saturated carbocycles. The fraction of sp³-hybridized carbons (Fsp3) is 0.500. The number of rotatable bonds is 3. The Morgan fingerprint density at radius 1 is 1.42 bits per heavy atom. The van der Waals surface area contributed by atoms with E-state index in [2.05, 4.69) is 17.1 Å². The van der Waals surface area contributed by atoms with E-state index < -0.39 is 5.60 Å². The van der Waals surface area contributed by atoms with Gasteiger partial charge in [-0.1, -0.05) is 12.1 Å². The van der Waals surface area contributed by atoms with Crippen LogP contribution in [0.5, 0.6) is 5.75 Å². The highest BCUT2D eigenvalue weighted by Crippen LogP contribution is 2.41. The van der Waals surface area contributed by atoms with Crippen molar-refractivity contribution in [1.29, 1.82) is 0 Å². The van der Waals surface area contributed by atoms with Crippen molar-refractivity contribution in [1.82, 2.24) is 14.5 Å². The van der Waals surface area contributed by atoms with Crippen LogP contribution in [0, 0.1) is 0 Å². The highest BCUT2D eigenvalue weighted by molar-refractivity contribution is 5.71. The average molecular weight is 357 g/mol. The number of fused-ring (bicyclic) bond motifs is 1. The lowest BCUT2D eigenvalue weighted by atomic mass is 9.90. The Morgan fingerprint density at radius 3 is 2.85 bits per heavy atom. The number of carbonyl (C=O) groups excluding carboxylic acids is 1. The number of ether oxygens (including phenoxy) is 2. The van der Waals surface area contributed by atoms with E-state index in [1.54, 1.807) is 18.3 Å². The van der Waals surface area contributed by atoms with E-state index >= 15 is 0 Å². The molecular weight excluding hydrogens is 330 g/mol. The lowest BCUT2D eigenvalue weighted by molar-refractivity contribution is 0.0281. The van der Waals surface area contributed by atoms with Crippen LogP contribution in [0.4, 0.5) is 4.79 Å². The van der Waals surface area contributed by atoms with Crippen LogP contribution in [-0.2, 0) is 11.8 Å². The predicted octanol–water partition coefficient (Wildman–Crippen LogP) is 3.82. The molecule has 1 atom stereocenters. The fourth-order valence-corrected chi connectivity index (χ4v) is 3.25. The van der Waals surface area contributed by atoms with E-state index in [0.717, 1.165) is 29.0 Å². The number of hydrogen-bond donors (Lipinski definition) is 0. The number of aryl methyl sites for hydroxylation is 1. The molecule has 140 valence electrons. The first-order chi connectivity index (χ1) is 12.3. The molecule has 1 amide bonds. The van der Waals surface area contributed by atoms with E-state index in [9.17, 15) is 4.79 Å². The number of benzene rings is 1. The third kappa shape index (κ3) is 3.84. The molecule has 0 fully saturated rings. The monoisotopic (exact) mass is 357 g/mol. The SMILES string of the molecule is CN(CC1CCOc2c(-c3cncn3C)cccc21)C(=O)OC(C)(C)C. The summed E-state index contributed by atoms with van der Waals surface area (Å²) in [5.74, 6) is 1.11. The number of hydrogen-bond acceptors (Lipinski definition) is 4. The van der Waals surface area contributed by atoms with Gasteiger partial charge in [0.2, 0.25) is 0 Å². The predicted molar refractivity (Wildman–Crippen MR) is 100 cm³/mol. The van der Waals surface area contributed by atoms with Gasteiger partial charge in [0, 0.05) is 32.1 Å². The van der Waals surface area contributed by atoms with E-state index in [1.807, 2.05) is 44.6 Å². The van der Waals surface area contributed by atoms with Crippen molar-refractivity contribution in [2.75, 3.05) is 20.2 Å². The second-order valence-corrected chi connectivity index (χ2v) is 7.81. The number of para-hydroxylation sites is 1. The Morgan fingerprint density at radius 2 is 2.19 bits per heavy atom. The smallest absolute Gasteiger partial charge is 0.410 e. The standard InChI is InChI=1S/C20H27N3O3/c1-20(2,3)26-19(24)22(4)12-14-9-10-25-18-15(14)7-6-8-16(18)17-11-21-13-23(17)5/h6-8,11,13-14H,9-10,12H2,1-5H3. The highest BCUT2D eigenvalue weighted by atomic mass is 16.6. The van der Waals surface area contributed by atoms with Crippen LogP contribution in [-0.4, -0.2) is 46.3 Å². The third-order valence-electron chi connectivity index (χ3n) is 4.49. The Balaban J connectivity index is 1.84. The largest absolute Gasteiger partial charge is 0.493 e. The second kappa shape index (κ2) is 7.02. The normalized spacial score (nSPS) is 16.6. The van der Waals surface area contributed by atoms with E-state index in [0.29, 0.717) is 13.2 Å². The third-order valence-corrected chi connectivity index (χ3v) is 4.49. The summed E-state index contributed by atoms with van der Waals surface area (Å²) in [5, 5.41) is 0. The zero-order valence-corrected chi connectivity index (χ0v) is 16.2. The number of nitrogens with zero attached hydrogens (tertiary/aromatic N) is 3. The summed E-state index contributed by atoms with van der Waals surface area (Å²) < 4.78 is 13.5. The van der Waals surface area contributed by atoms with Gasteiger partial charge in [-0.3, -0.25) is 0 Å². The number of imidazole rings is 1. The minimum absolute atomic E-state index is 0.212. The van der Waals surface area contributed by atoms with Crippen LogP contribution in [0.15, 0.2) is 30.7 Å². The quantitative estimate of drug-likeness (QED) is 0.838. The van der Waals surface area contributed by atoms with Crippen LogP contribution in [0.3, 0.4) is 0 Å². The molecule has 0 N–H and O–H groups in total. The van der Waals surface area contributed by atoms with Crippen LogP contribution in [0.25, 0.3) is 11.3 Å². The summed E-state index contributed by atoms with van der Waals surface area (Å²) in [6.07, 6.45) is 4.20. The van der Waals surface area contributed by atoms with Crippen LogP contribution in [0.2, 0.25) is 0 Å². The van der Waals surface area contributed by atoms with E-state index in [-0.39, 0.29) is 12.0 Å². The summed E-state index contributed by atoms with van der Waals surface area (Å²) in [5.41, 5.74) is 2.69. The maximum Gasteiger partial charge on any atom is 0.410 e. The Hall–Kier alpha value is -2.50. The van der Waals surface area contributed by atoms with Crippen molar-refractivity contribution < 1.29 is 14.3 Å². The van der Waals surface area contributed by atoms with Gasteiger partial charge in [0.05, 0.1) is 24.8 Å². The van der Waals surface area contributed by atoms with Crippen LogP contribution >= 0.6 is 0 Å². The van der Waals surface area contributed by atoms with Crippen molar-refractivity contribution in [3.05, 3.63) is 36.3 Å². The molecule has 2 heterocycles. The Labute approximate surface area is 154 Å². The molecule has 1 aliphatic rings. The first-order valence-electron chi connectivity index (χ1n) is 8.93. The number of carbonyl (C=O) groups is 1. The molecule has 2 aromatic rings. The number of amides is 1. The fourth-order valence-electron chi connectivity index (χ4n) is 3.25. The summed E-state index contributed by atoms with van der Waals surface area (Å²) >= 11 is 0. The molecule has 1 aromatic heterocycles. The Kier molecular flexibility index (Phi) is 4.94. The maximum absolute atomic E-state index is 12.3. The van der Waals surface area contributed by atoms with E-state index in [4.69, 9.17) is 9.47 Å². The summed E-state index contributed by atoms with van der Waals surface area (Å²) in [4.78, 5) is 18.2. The van der Waals surface area contributed by atoms with Crippen molar-refractivity contribution in [2.24, 2.45) is 7.05 Å². The number of aromatic nitrogens is 2. The van der Waals surface area contributed by atoms with Gasteiger partial charge in [-0.05, 0) is 38.8 Å². The molecule has 1 aromatic carbocycles. The molecule has 3 rings (SSSR count). The van der Waals surface area contributed by atoms with Gasteiger partial charge in [0.25, 0.3) is 0 Å². The molecule has 1 unspecified atom stereocenters.